The third kappa shape index (κ3) is 3.57. The van der Waals surface area contributed by atoms with Crippen LogP contribution in [0.25, 0.3) is 16.6 Å². The van der Waals surface area contributed by atoms with Crippen molar-refractivity contribution in [3.05, 3.63) is 74.1 Å². The predicted octanol–water partition coefficient (Wildman–Crippen LogP) is 3.03. The summed E-state index contributed by atoms with van der Waals surface area (Å²) in [5.74, 6) is -0.864. The second-order valence-corrected chi connectivity index (χ2v) is 7.21. The summed E-state index contributed by atoms with van der Waals surface area (Å²) in [7, 11) is 0. The van der Waals surface area contributed by atoms with Gasteiger partial charge in [-0.05, 0) is 63.2 Å². The van der Waals surface area contributed by atoms with Gasteiger partial charge in [0.15, 0.2) is 0 Å². The number of benzene rings is 2. The van der Waals surface area contributed by atoms with Gasteiger partial charge >= 0.3 is 5.69 Å². The van der Waals surface area contributed by atoms with Gasteiger partial charge in [-0.25, -0.2) is 13.8 Å². The zero-order valence-electron chi connectivity index (χ0n) is 15.6. The molecule has 0 aliphatic carbocycles. The van der Waals surface area contributed by atoms with Crippen LogP contribution < -0.4 is 16.6 Å². The van der Waals surface area contributed by atoms with Crippen molar-refractivity contribution in [1.82, 2.24) is 14.5 Å². The average molecular weight is 404 g/mol. The molecule has 1 unspecified atom stereocenters. The standard InChI is InChI=1S/C20H19ClFN3O3/c1-11(2)23-18(26)12(3)24-17-10-13(21)4-9-16(17)19(27)25(20(24)28)15-7-5-14(22)6-8-15/h4-12H,1-3H3,(H,23,26). The lowest BCUT2D eigenvalue weighted by molar-refractivity contribution is -0.124. The van der Waals surface area contributed by atoms with Crippen LogP contribution in [0.4, 0.5) is 4.39 Å². The molecule has 0 saturated carbocycles. The molecule has 1 aromatic heterocycles. The topological polar surface area (TPSA) is 73.1 Å². The molecule has 6 nitrogen and oxygen atoms in total. The number of rotatable bonds is 4. The van der Waals surface area contributed by atoms with E-state index in [1.807, 2.05) is 13.8 Å². The van der Waals surface area contributed by atoms with Crippen molar-refractivity contribution in [3.8, 4) is 5.69 Å². The normalized spacial score (nSPS) is 12.4. The van der Waals surface area contributed by atoms with E-state index in [0.717, 1.165) is 16.7 Å². The van der Waals surface area contributed by atoms with E-state index in [4.69, 9.17) is 11.6 Å². The van der Waals surface area contributed by atoms with E-state index in [1.165, 1.54) is 34.9 Å². The maximum atomic E-state index is 13.3. The molecular formula is C20H19ClFN3O3. The summed E-state index contributed by atoms with van der Waals surface area (Å²) in [6, 6.07) is 8.49. The molecule has 3 rings (SSSR count). The Hall–Kier alpha value is -2.93. The first-order valence-corrected chi connectivity index (χ1v) is 9.11. The van der Waals surface area contributed by atoms with E-state index in [0.29, 0.717) is 5.02 Å². The Morgan fingerprint density at radius 3 is 2.32 bits per heavy atom. The minimum atomic E-state index is -0.900. The molecule has 0 fully saturated rings. The summed E-state index contributed by atoms with van der Waals surface area (Å²) in [4.78, 5) is 38.8. The molecule has 1 N–H and O–H groups in total. The lowest BCUT2D eigenvalue weighted by atomic mass is 10.2. The number of halogens is 2. The maximum Gasteiger partial charge on any atom is 0.336 e. The van der Waals surface area contributed by atoms with Crippen molar-refractivity contribution in [2.24, 2.45) is 0 Å². The van der Waals surface area contributed by atoms with Crippen molar-refractivity contribution < 1.29 is 9.18 Å². The number of hydrogen-bond donors (Lipinski definition) is 1. The van der Waals surface area contributed by atoms with Gasteiger partial charge in [0.1, 0.15) is 11.9 Å². The Labute approximate surface area is 165 Å². The van der Waals surface area contributed by atoms with Crippen molar-refractivity contribution in [2.45, 2.75) is 32.9 Å². The van der Waals surface area contributed by atoms with Gasteiger partial charge in [-0.15, -0.1) is 0 Å². The summed E-state index contributed by atoms with van der Waals surface area (Å²) in [5, 5.41) is 3.31. The monoisotopic (exact) mass is 403 g/mol. The van der Waals surface area contributed by atoms with Gasteiger partial charge in [0.25, 0.3) is 5.56 Å². The molecule has 0 spiro atoms. The number of aromatic nitrogens is 2. The van der Waals surface area contributed by atoms with Gasteiger partial charge in [0.2, 0.25) is 5.91 Å². The lowest BCUT2D eigenvalue weighted by Gasteiger charge is -2.20. The second-order valence-electron chi connectivity index (χ2n) is 6.77. The smallest absolute Gasteiger partial charge is 0.336 e. The van der Waals surface area contributed by atoms with Crippen LogP contribution in [0.15, 0.2) is 52.1 Å². The van der Waals surface area contributed by atoms with E-state index < -0.39 is 23.1 Å². The van der Waals surface area contributed by atoms with Crippen LogP contribution in [-0.2, 0) is 4.79 Å². The third-order valence-electron chi connectivity index (χ3n) is 4.33. The van der Waals surface area contributed by atoms with E-state index in [-0.39, 0.29) is 28.5 Å². The minimum absolute atomic E-state index is 0.122. The predicted molar refractivity (Wildman–Crippen MR) is 107 cm³/mol. The fraction of sp³-hybridized carbons (Fsp3) is 0.250. The molecule has 146 valence electrons. The van der Waals surface area contributed by atoms with E-state index in [9.17, 15) is 18.8 Å². The molecule has 8 heteroatoms. The zero-order chi connectivity index (χ0) is 20.6. The molecule has 0 aliphatic heterocycles. The molecular weight excluding hydrogens is 385 g/mol. The number of hydrogen-bond acceptors (Lipinski definition) is 3. The number of nitrogens with one attached hydrogen (secondary N) is 1. The first-order chi connectivity index (χ1) is 13.2. The summed E-state index contributed by atoms with van der Waals surface area (Å²) in [6.45, 7) is 5.18. The average Bonchev–Trinajstić information content (AvgIpc) is 2.62. The largest absolute Gasteiger partial charge is 0.352 e. The van der Waals surface area contributed by atoms with Crippen molar-refractivity contribution >= 4 is 28.4 Å². The number of carbonyl (C=O) groups excluding carboxylic acids is 1. The maximum absolute atomic E-state index is 13.3. The first kappa shape index (κ1) is 19.8. The SMILES string of the molecule is CC(C)NC(=O)C(C)n1c(=O)n(-c2ccc(F)cc2)c(=O)c2ccc(Cl)cc21. The Morgan fingerprint density at radius 1 is 1.07 bits per heavy atom. The van der Waals surface area contributed by atoms with Crippen LogP contribution in [0.5, 0.6) is 0 Å². The zero-order valence-corrected chi connectivity index (χ0v) is 16.3. The Kier molecular flexibility index (Phi) is 5.38. The van der Waals surface area contributed by atoms with E-state index in [1.54, 1.807) is 6.92 Å². The fourth-order valence-corrected chi connectivity index (χ4v) is 3.18. The summed E-state index contributed by atoms with van der Waals surface area (Å²) in [6.07, 6.45) is 0. The number of fused-ring (bicyclic) bond motifs is 1. The van der Waals surface area contributed by atoms with Crippen LogP contribution in [-0.4, -0.2) is 21.1 Å². The van der Waals surface area contributed by atoms with Gasteiger partial charge in [-0.1, -0.05) is 11.6 Å². The van der Waals surface area contributed by atoms with Crippen LogP contribution in [0.1, 0.15) is 26.8 Å². The van der Waals surface area contributed by atoms with Gasteiger partial charge in [-0.2, -0.15) is 0 Å². The quantitative estimate of drug-likeness (QED) is 0.727. The van der Waals surface area contributed by atoms with Gasteiger partial charge in [-0.3, -0.25) is 14.2 Å². The van der Waals surface area contributed by atoms with Crippen LogP contribution in [0, 0.1) is 5.82 Å². The van der Waals surface area contributed by atoms with Crippen LogP contribution in [0.2, 0.25) is 5.02 Å². The molecule has 28 heavy (non-hydrogen) atoms. The number of nitrogens with zero attached hydrogens (tertiary/aromatic N) is 2. The molecule has 3 aromatic rings. The van der Waals surface area contributed by atoms with Crippen molar-refractivity contribution in [2.75, 3.05) is 0 Å². The van der Waals surface area contributed by atoms with Crippen molar-refractivity contribution in [1.29, 1.82) is 0 Å². The highest BCUT2D eigenvalue weighted by atomic mass is 35.5. The van der Waals surface area contributed by atoms with Gasteiger partial charge in [0.05, 0.1) is 16.6 Å². The van der Waals surface area contributed by atoms with Crippen molar-refractivity contribution in [3.63, 3.8) is 0 Å². The van der Waals surface area contributed by atoms with Gasteiger partial charge < -0.3 is 5.32 Å². The summed E-state index contributed by atoms with van der Waals surface area (Å²) < 4.78 is 15.4. The fourth-order valence-electron chi connectivity index (χ4n) is 3.02. The van der Waals surface area contributed by atoms with E-state index in [2.05, 4.69) is 5.32 Å². The third-order valence-corrected chi connectivity index (χ3v) is 4.57. The molecule has 0 radical (unpaired) electrons. The van der Waals surface area contributed by atoms with Crippen LogP contribution >= 0.6 is 11.6 Å². The molecule has 1 heterocycles. The molecule has 2 aromatic carbocycles. The summed E-state index contributed by atoms with van der Waals surface area (Å²) >= 11 is 6.07. The Balaban J connectivity index is 2.37. The molecule has 0 bridgehead atoms. The Morgan fingerprint density at radius 2 is 1.71 bits per heavy atom. The number of carbonyl (C=O) groups is 1. The van der Waals surface area contributed by atoms with Crippen LogP contribution in [0.3, 0.4) is 0 Å². The summed E-state index contributed by atoms with van der Waals surface area (Å²) in [5.41, 5.74) is -0.820. The highest BCUT2D eigenvalue weighted by Crippen LogP contribution is 2.19. The first-order valence-electron chi connectivity index (χ1n) is 8.74. The highest BCUT2D eigenvalue weighted by Gasteiger charge is 2.23. The molecule has 1 amide bonds. The second kappa shape index (κ2) is 7.59. The molecule has 1 atom stereocenters. The highest BCUT2D eigenvalue weighted by molar-refractivity contribution is 6.31. The lowest BCUT2D eigenvalue weighted by Crippen LogP contribution is -2.44. The van der Waals surface area contributed by atoms with Gasteiger partial charge in [0, 0.05) is 11.1 Å². The minimum Gasteiger partial charge on any atom is -0.352 e. The molecule has 0 aliphatic rings. The molecule has 0 saturated heterocycles. The van der Waals surface area contributed by atoms with E-state index >= 15 is 0 Å². The number of amides is 1. The Bertz CT molecular complexity index is 1170.